The quantitative estimate of drug-likeness (QED) is 0.424. The zero-order valence-corrected chi connectivity index (χ0v) is 17.7. The van der Waals surface area contributed by atoms with E-state index in [1.807, 2.05) is 31.2 Å². The summed E-state index contributed by atoms with van der Waals surface area (Å²) in [6.45, 7) is 1.81. The van der Waals surface area contributed by atoms with Crippen molar-refractivity contribution in [2.24, 2.45) is 0 Å². The number of imide groups is 1. The fourth-order valence-corrected chi connectivity index (χ4v) is 4.02. The van der Waals surface area contributed by atoms with Crippen LogP contribution in [0.15, 0.2) is 59.2 Å². The highest BCUT2D eigenvalue weighted by molar-refractivity contribution is 9.10. The number of aryl methyl sites for hydroxylation is 1. The van der Waals surface area contributed by atoms with E-state index >= 15 is 0 Å². The normalized spacial score (nSPS) is 13.2. The third-order valence-electron chi connectivity index (χ3n) is 5.12. The number of nitrogens with zero attached hydrogens (tertiary/aromatic N) is 4. The molecule has 8 heteroatoms. The number of amides is 2. The van der Waals surface area contributed by atoms with Crippen molar-refractivity contribution in [3.63, 3.8) is 0 Å². The van der Waals surface area contributed by atoms with Crippen LogP contribution in [0.4, 0.5) is 5.69 Å². The molecule has 3 heterocycles. The van der Waals surface area contributed by atoms with Crippen LogP contribution in [-0.2, 0) is 0 Å². The lowest BCUT2D eigenvalue weighted by atomic mass is 10.1. The number of fused-ring (bicyclic) bond motifs is 3. The third kappa shape index (κ3) is 2.57. The van der Waals surface area contributed by atoms with Crippen LogP contribution in [0.5, 0.6) is 5.75 Å². The van der Waals surface area contributed by atoms with Crippen LogP contribution in [0.25, 0.3) is 16.7 Å². The molecule has 0 saturated carbocycles. The number of ether oxygens (including phenoxy) is 1. The number of methoxy groups -OCH3 is 1. The molecule has 30 heavy (non-hydrogen) atoms. The summed E-state index contributed by atoms with van der Waals surface area (Å²) in [6, 6.07) is 14.6. The first-order chi connectivity index (χ1) is 14.5. The molecule has 0 saturated heterocycles. The van der Waals surface area contributed by atoms with Gasteiger partial charge in [-0.2, -0.15) is 5.10 Å². The number of carbonyl (C=O) groups is 2. The molecular weight excluding hydrogens is 448 g/mol. The number of halogens is 1. The van der Waals surface area contributed by atoms with E-state index in [1.54, 1.807) is 28.9 Å². The van der Waals surface area contributed by atoms with Crippen molar-refractivity contribution in [1.82, 2.24) is 14.8 Å². The minimum absolute atomic E-state index is 0.261. The summed E-state index contributed by atoms with van der Waals surface area (Å²) in [6.07, 6.45) is 1.45. The van der Waals surface area contributed by atoms with E-state index in [1.165, 1.54) is 13.3 Å². The number of aromatic nitrogens is 3. The molecule has 5 rings (SSSR count). The van der Waals surface area contributed by atoms with E-state index in [0.717, 1.165) is 15.1 Å². The summed E-state index contributed by atoms with van der Waals surface area (Å²) in [5.74, 6) is -0.395. The van der Waals surface area contributed by atoms with Crippen LogP contribution in [0.3, 0.4) is 0 Å². The maximum atomic E-state index is 13.4. The first kappa shape index (κ1) is 18.5. The Hall–Kier alpha value is -3.52. The predicted molar refractivity (Wildman–Crippen MR) is 115 cm³/mol. The summed E-state index contributed by atoms with van der Waals surface area (Å²) < 4.78 is 7.98. The number of para-hydroxylation sites is 2. The van der Waals surface area contributed by atoms with Crippen LogP contribution < -0.4 is 9.64 Å². The van der Waals surface area contributed by atoms with Crippen molar-refractivity contribution in [1.29, 1.82) is 0 Å². The average Bonchev–Trinajstić information content (AvgIpc) is 3.22. The van der Waals surface area contributed by atoms with Crippen molar-refractivity contribution in [3.05, 3.63) is 76.0 Å². The van der Waals surface area contributed by atoms with E-state index in [4.69, 9.17) is 4.74 Å². The first-order valence-electron chi connectivity index (χ1n) is 9.17. The molecule has 2 aromatic heterocycles. The number of rotatable bonds is 3. The summed E-state index contributed by atoms with van der Waals surface area (Å²) in [5.41, 5.74) is 2.94. The summed E-state index contributed by atoms with van der Waals surface area (Å²) in [5, 5.41) is 5.17. The zero-order valence-electron chi connectivity index (χ0n) is 16.1. The summed E-state index contributed by atoms with van der Waals surface area (Å²) in [4.78, 5) is 32.2. The molecule has 0 aliphatic carbocycles. The molecule has 0 N–H and O–H groups in total. The number of pyridine rings is 1. The van der Waals surface area contributed by atoms with Crippen LogP contribution >= 0.6 is 15.9 Å². The number of benzene rings is 2. The Kier molecular flexibility index (Phi) is 4.18. The van der Waals surface area contributed by atoms with Crippen LogP contribution in [0.1, 0.15) is 26.4 Å². The van der Waals surface area contributed by atoms with Crippen LogP contribution in [-0.4, -0.2) is 33.7 Å². The highest BCUT2D eigenvalue weighted by Gasteiger charge is 2.41. The molecule has 7 nitrogen and oxygen atoms in total. The number of hydrogen-bond acceptors (Lipinski definition) is 5. The Labute approximate surface area is 180 Å². The number of hydrogen-bond donors (Lipinski definition) is 0. The minimum atomic E-state index is -0.426. The van der Waals surface area contributed by atoms with Gasteiger partial charge in [0, 0.05) is 10.7 Å². The van der Waals surface area contributed by atoms with Gasteiger partial charge in [-0.05, 0) is 43.3 Å². The largest absolute Gasteiger partial charge is 0.495 e. The molecule has 2 amide bonds. The Morgan fingerprint density at radius 1 is 1.00 bits per heavy atom. The molecule has 0 spiro atoms. The summed E-state index contributed by atoms with van der Waals surface area (Å²) in [7, 11) is 1.50. The van der Waals surface area contributed by atoms with Crippen LogP contribution in [0, 0.1) is 6.92 Å². The smallest absolute Gasteiger partial charge is 0.267 e. The van der Waals surface area contributed by atoms with Gasteiger partial charge in [0.05, 0.1) is 40.7 Å². The fourth-order valence-electron chi connectivity index (χ4n) is 3.76. The molecule has 0 fully saturated rings. The third-order valence-corrected chi connectivity index (χ3v) is 5.65. The Balaban J connectivity index is 1.71. The van der Waals surface area contributed by atoms with Crippen molar-refractivity contribution in [2.45, 2.75) is 6.92 Å². The molecule has 1 aliphatic heterocycles. The Morgan fingerprint density at radius 2 is 1.73 bits per heavy atom. The van der Waals surface area contributed by atoms with Crippen molar-refractivity contribution in [3.8, 4) is 11.4 Å². The predicted octanol–water partition coefficient (Wildman–Crippen LogP) is 4.30. The van der Waals surface area contributed by atoms with Crippen LogP contribution in [0.2, 0.25) is 0 Å². The number of anilines is 1. The van der Waals surface area contributed by atoms with E-state index < -0.39 is 11.8 Å². The highest BCUT2D eigenvalue weighted by atomic mass is 79.9. The molecule has 148 valence electrons. The molecule has 0 bridgehead atoms. The van der Waals surface area contributed by atoms with E-state index in [2.05, 4.69) is 26.0 Å². The Morgan fingerprint density at radius 3 is 2.47 bits per heavy atom. The second-order valence-corrected chi connectivity index (χ2v) is 7.75. The maximum absolute atomic E-state index is 13.4. The van der Waals surface area contributed by atoms with Gasteiger partial charge in [-0.3, -0.25) is 9.59 Å². The second kappa shape index (κ2) is 6.77. The molecular formula is C22H15BrN4O3. The number of carbonyl (C=O) groups excluding carboxylic acids is 2. The monoisotopic (exact) mass is 462 g/mol. The zero-order chi connectivity index (χ0) is 21.0. The van der Waals surface area contributed by atoms with Gasteiger partial charge >= 0.3 is 0 Å². The molecule has 1 aliphatic rings. The lowest BCUT2D eigenvalue weighted by Crippen LogP contribution is -2.29. The van der Waals surface area contributed by atoms with Crippen molar-refractivity contribution < 1.29 is 14.3 Å². The lowest BCUT2D eigenvalue weighted by molar-refractivity contribution is 0.0925. The van der Waals surface area contributed by atoms with E-state index in [0.29, 0.717) is 33.7 Å². The van der Waals surface area contributed by atoms with E-state index in [9.17, 15) is 9.59 Å². The fraction of sp³-hybridized carbons (Fsp3) is 0.0909. The molecule has 4 aromatic rings. The van der Waals surface area contributed by atoms with Gasteiger partial charge in [-0.1, -0.05) is 28.1 Å². The lowest BCUT2D eigenvalue weighted by Gasteiger charge is -2.16. The second-order valence-electron chi connectivity index (χ2n) is 6.84. The van der Waals surface area contributed by atoms with Gasteiger partial charge in [0.25, 0.3) is 11.8 Å². The molecule has 0 atom stereocenters. The van der Waals surface area contributed by atoms with Gasteiger partial charge in [0.15, 0.2) is 5.65 Å². The van der Waals surface area contributed by atoms with Gasteiger partial charge in [0.1, 0.15) is 5.75 Å². The van der Waals surface area contributed by atoms with Gasteiger partial charge in [0.2, 0.25) is 0 Å². The first-order valence-corrected chi connectivity index (χ1v) is 9.96. The van der Waals surface area contributed by atoms with Gasteiger partial charge < -0.3 is 4.74 Å². The topological polar surface area (TPSA) is 77.3 Å². The highest BCUT2D eigenvalue weighted by Crippen LogP contribution is 2.37. The standard InChI is InChI=1S/C22H15BrN4O3/c1-12-18-19-15(11-24-20(18)27(25-12)14-9-7-13(23)8-10-14)21(28)26(22(19)29)16-5-3-4-6-17(16)30-2/h3-11H,1-2H3. The molecule has 0 radical (unpaired) electrons. The molecule has 2 aromatic carbocycles. The Bertz CT molecular complexity index is 1340. The minimum Gasteiger partial charge on any atom is -0.495 e. The van der Waals surface area contributed by atoms with E-state index in [-0.39, 0.29) is 5.56 Å². The summed E-state index contributed by atoms with van der Waals surface area (Å²) >= 11 is 3.43. The van der Waals surface area contributed by atoms with Gasteiger partial charge in [-0.25, -0.2) is 14.6 Å². The average molecular weight is 463 g/mol. The maximum Gasteiger partial charge on any atom is 0.267 e. The molecule has 0 unspecified atom stereocenters. The van der Waals surface area contributed by atoms with Crippen molar-refractivity contribution in [2.75, 3.05) is 12.0 Å². The van der Waals surface area contributed by atoms with Gasteiger partial charge in [-0.15, -0.1) is 0 Å². The van der Waals surface area contributed by atoms with Crippen molar-refractivity contribution >= 4 is 44.5 Å². The SMILES string of the molecule is COc1ccccc1N1C(=O)c2cnc3c(c(C)nn3-c3ccc(Br)cc3)c2C1=O.